The van der Waals surface area contributed by atoms with Crippen LogP contribution >= 0.6 is 11.3 Å². The summed E-state index contributed by atoms with van der Waals surface area (Å²) in [5.41, 5.74) is 9.06. The van der Waals surface area contributed by atoms with Crippen LogP contribution in [0.1, 0.15) is 16.7 Å². The normalized spacial score (nSPS) is 12.0. The molecule has 2 N–H and O–H groups in total. The third-order valence-corrected chi connectivity index (χ3v) is 5.89. The Hall–Kier alpha value is -1.37. The summed E-state index contributed by atoms with van der Waals surface area (Å²) in [6, 6.07) is 5.27. The van der Waals surface area contributed by atoms with Crippen LogP contribution in [0.4, 0.5) is 5.69 Å². The summed E-state index contributed by atoms with van der Waals surface area (Å²) in [5, 5.41) is 3.87. The maximum Gasteiger partial charge on any atom is 0.245 e. The first-order chi connectivity index (χ1) is 9.32. The minimum atomic E-state index is -3.57. The van der Waals surface area contributed by atoms with Crippen LogP contribution in [0, 0.1) is 13.8 Å². The fourth-order valence-corrected chi connectivity index (χ4v) is 3.93. The van der Waals surface area contributed by atoms with Gasteiger partial charge in [0.1, 0.15) is 4.90 Å². The van der Waals surface area contributed by atoms with E-state index in [1.165, 1.54) is 4.31 Å². The van der Waals surface area contributed by atoms with Gasteiger partial charge in [0.2, 0.25) is 10.0 Å². The number of aryl methyl sites for hydroxylation is 2. The highest BCUT2D eigenvalue weighted by Gasteiger charge is 2.24. The van der Waals surface area contributed by atoms with Crippen molar-refractivity contribution in [1.29, 1.82) is 0 Å². The lowest BCUT2D eigenvalue weighted by Crippen LogP contribution is -2.27. The second kappa shape index (κ2) is 5.55. The fraction of sp³-hybridized carbons (Fsp3) is 0.286. The van der Waals surface area contributed by atoms with E-state index in [9.17, 15) is 8.42 Å². The van der Waals surface area contributed by atoms with Crippen molar-refractivity contribution in [2.75, 3.05) is 12.8 Å². The second-order valence-corrected chi connectivity index (χ2v) is 7.66. The average molecular weight is 310 g/mol. The van der Waals surface area contributed by atoms with Gasteiger partial charge in [0.05, 0.1) is 5.69 Å². The van der Waals surface area contributed by atoms with Crippen molar-refractivity contribution in [1.82, 2.24) is 4.31 Å². The molecule has 1 heterocycles. The van der Waals surface area contributed by atoms with Crippen LogP contribution in [-0.2, 0) is 16.6 Å². The molecule has 0 aliphatic heterocycles. The molecule has 20 heavy (non-hydrogen) atoms. The molecular formula is C14H18N2O2S2. The molecule has 1 aromatic carbocycles. The molecule has 0 spiro atoms. The average Bonchev–Trinajstić information content (AvgIpc) is 2.86. The van der Waals surface area contributed by atoms with Gasteiger partial charge in [-0.15, -0.1) is 0 Å². The Kier molecular flexibility index (Phi) is 4.17. The Balaban J connectivity index is 2.37. The molecule has 0 aliphatic rings. The fourth-order valence-electron chi connectivity index (χ4n) is 1.93. The Labute approximate surface area is 123 Å². The third-order valence-electron chi connectivity index (χ3n) is 3.30. The van der Waals surface area contributed by atoms with Crippen molar-refractivity contribution in [2.24, 2.45) is 0 Å². The lowest BCUT2D eigenvalue weighted by molar-refractivity contribution is 0.467. The van der Waals surface area contributed by atoms with Crippen LogP contribution in [0.5, 0.6) is 0 Å². The van der Waals surface area contributed by atoms with E-state index in [1.807, 2.05) is 30.7 Å². The largest absolute Gasteiger partial charge is 0.398 e. The standard InChI is InChI=1S/C14H18N2O2S2/c1-10-6-13(15)14(7-11(10)2)20(17,18)16(3)8-12-4-5-19-9-12/h4-7,9H,8,15H2,1-3H3. The highest BCUT2D eigenvalue weighted by atomic mass is 32.2. The van der Waals surface area contributed by atoms with Crippen molar-refractivity contribution in [3.05, 3.63) is 45.6 Å². The summed E-state index contributed by atoms with van der Waals surface area (Å²) in [6.07, 6.45) is 0. The van der Waals surface area contributed by atoms with Crippen molar-refractivity contribution >= 4 is 27.0 Å². The van der Waals surface area contributed by atoms with Gasteiger partial charge in [-0.25, -0.2) is 8.42 Å². The number of anilines is 1. The van der Waals surface area contributed by atoms with E-state index in [0.29, 0.717) is 12.2 Å². The maximum atomic E-state index is 12.6. The summed E-state index contributed by atoms with van der Waals surface area (Å²) in [4.78, 5) is 0.179. The zero-order chi connectivity index (χ0) is 14.9. The van der Waals surface area contributed by atoms with E-state index in [0.717, 1.165) is 16.7 Å². The second-order valence-electron chi connectivity index (χ2n) is 4.87. The molecule has 108 valence electrons. The summed E-state index contributed by atoms with van der Waals surface area (Å²) in [6.45, 7) is 4.14. The van der Waals surface area contributed by atoms with Crippen LogP contribution in [-0.4, -0.2) is 19.8 Å². The summed E-state index contributed by atoms with van der Waals surface area (Å²) >= 11 is 1.55. The molecule has 0 saturated heterocycles. The van der Waals surface area contributed by atoms with Gasteiger partial charge < -0.3 is 5.73 Å². The van der Waals surface area contributed by atoms with E-state index in [4.69, 9.17) is 5.73 Å². The molecule has 2 rings (SSSR count). The molecule has 0 atom stereocenters. The monoisotopic (exact) mass is 310 g/mol. The molecule has 6 heteroatoms. The van der Waals surface area contributed by atoms with Crippen LogP contribution in [0.25, 0.3) is 0 Å². The number of rotatable bonds is 4. The number of hydrogen-bond donors (Lipinski definition) is 1. The molecule has 0 aliphatic carbocycles. The van der Waals surface area contributed by atoms with Crippen LogP contribution < -0.4 is 5.73 Å². The summed E-state index contributed by atoms with van der Waals surface area (Å²) in [7, 11) is -2.00. The number of nitrogen functional groups attached to an aromatic ring is 1. The van der Waals surface area contributed by atoms with E-state index in [1.54, 1.807) is 30.5 Å². The van der Waals surface area contributed by atoms with Gasteiger partial charge >= 0.3 is 0 Å². The van der Waals surface area contributed by atoms with E-state index in [-0.39, 0.29) is 4.90 Å². The van der Waals surface area contributed by atoms with Gasteiger partial charge in [0, 0.05) is 13.6 Å². The quantitative estimate of drug-likeness (QED) is 0.883. The van der Waals surface area contributed by atoms with Crippen LogP contribution in [0.2, 0.25) is 0 Å². The molecule has 4 nitrogen and oxygen atoms in total. The molecule has 0 bridgehead atoms. The number of thiophene rings is 1. The van der Waals surface area contributed by atoms with Crippen molar-refractivity contribution in [3.63, 3.8) is 0 Å². The molecule has 0 amide bonds. The first-order valence-electron chi connectivity index (χ1n) is 6.16. The smallest absolute Gasteiger partial charge is 0.245 e. The zero-order valence-electron chi connectivity index (χ0n) is 11.8. The van der Waals surface area contributed by atoms with Crippen molar-refractivity contribution < 1.29 is 8.42 Å². The predicted octanol–water partition coefficient (Wildman–Crippen LogP) is 2.77. The molecule has 0 saturated carbocycles. The predicted molar refractivity (Wildman–Crippen MR) is 83.3 cm³/mol. The Morgan fingerprint density at radius 3 is 2.50 bits per heavy atom. The lowest BCUT2D eigenvalue weighted by Gasteiger charge is -2.18. The Morgan fingerprint density at radius 2 is 1.90 bits per heavy atom. The highest BCUT2D eigenvalue weighted by molar-refractivity contribution is 7.89. The van der Waals surface area contributed by atoms with Gasteiger partial charge in [-0.05, 0) is 59.5 Å². The molecule has 0 unspecified atom stereocenters. The van der Waals surface area contributed by atoms with Gasteiger partial charge in [-0.2, -0.15) is 15.6 Å². The molecule has 0 radical (unpaired) electrons. The van der Waals surface area contributed by atoms with Gasteiger partial charge in [-0.3, -0.25) is 0 Å². The molecule has 2 aromatic rings. The van der Waals surface area contributed by atoms with Gasteiger partial charge in [0.25, 0.3) is 0 Å². The third kappa shape index (κ3) is 2.87. The van der Waals surface area contributed by atoms with E-state index >= 15 is 0 Å². The number of nitrogens with zero attached hydrogens (tertiary/aromatic N) is 1. The van der Waals surface area contributed by atoms with Crippen molar-refractivity contribution in [2.45, 2.75) is 25.3 Å². The molecular weight excluding hydrogens is 292 g/mol. The maximum absolute atomic E-state index is 12.6. The lowest BCUT2D eigenvalue weighted by atomic mass is 10.1. The number of benzene rings is 1. The zero-order valence-corrected chi connectivity index (χ0v) is 13.4. The first-order valence-corrected chi connectivity index (χ1v) is 8.55. The van der Waals surface area contributed by atoms with Crippen molar-refractivity contribution in [3.8, 4) is 0 Å². The minimum Gasteiger partial charge on any atom is -0.398 e. The SMILES string of the molecule is Cc1cc(N)c(S(=O)(=O)N(C)Cc2ccsc2)cc1C. The van der Waals surface area contributed by atoms with E-state index in [2.05, 4.69) is 0 Å². The van der Waals surface area contributed by atoms with Gasteiger partial charge in [0.15, 0.2) is 0 Å². The Bertz CT molecular complexity index is 707. The summed E-state index contributed by atoms with van der Waals surface area (Å²) in [5.74, 6) is 0. The number of nitrogens with two attached hydrogens (primary N) is 1. The van der Waals surface area contributed by atoms with E-state index < -0.39 is 10.0 Å². The van der Waals surface area contributed by atoms with Crippen LogP contribution in [0.15, 0.2) is 33.9 Å². The highest BCUT2D eigenvalue weighted by Crippen LogP contribution is 2.26. The van der Waals surface area contributed by atoms with Crippen LogP contribution in [0.3, 0.4) is 0 Å². The molecule has 1 aromatic heterocycles. The number of hydrogen-bond acceptors (Lipinski definition) is 4. The summed E-state index contributed by atoms with van der Waals surface area (Å²) < 4.78 is 26.5. The Morgan fingerprint density at radius 1 is 1.25 bits per heavy atom. The number of sulfonamides is 1. The minimum absolute atomic E-state index is 0.179. The topological polar surface area (TPSA) is 63.4 Å². The first kappa shape index (κ1) is 15.0. The molecule has 0 fully saturated rings. The van der Waals surface area contributed by atoms with Gasteiger partial charge in [-0.1, -0.05) is 0 Å².